The molecule has 1 aromatic rings. The number of hydrogen-bond acceptors (Lipinski definition) is 3. The first-order valence-electron chi connectivity index (χ1n) is 8.27. The predicted molar refractivity (Wildman–Crippen MR) is 93.4 cm³/mol. The summed E-state index contributed by atoms with van der Waals surface area (Å²) < 4.78 is 0. The van der Waals surface area contributed by atoms with E-state index in [9.17, 15) is 15.0 Å². The van der Waals surface area contributed by atoms with Gasteiger partial charge in [0, 0.05) is 29.7 Å². The van der Waals surface area contributed by atoms with Gasteiger partial charge in [0.15, 0.2) is 0 Å². The molecule has 2 aliphatic rings. The average Bonchev–Trinajstić information content (AvgIpc) is 2.92. The first kappa shape index (κ1) is 17.8. The number of aliphatic hydroxyl groups excluding tert-OH is 2. The molecule has 2 amide bonds. The molecule has 1 heterocycles. The SMILES string of the molecule is O=C(NCCc1ccc(Cl)cc1Cl)N1C[C@H]2C[C@H](O)[C@@H](O)C[C@H]2C1. The number of fused-ring (bicyclic) bond motifs is 1. The van der Waals surface area contributed by atoms with Crippen molar-refractivity contribution in [3.8, 4) is 0 Å². The number of rotatable bonds is 3. The average molecular weight is 373 g/mol. The van der Waals surface area contributed by atoms with Crippen LogP contribution in [0.2, 0.25) is 10.0 Å². The normalized spacial score (nSPS) is 29.4. The Labute approximate surface area is 151 Å². The van der Waals surface area contributed by atoms with Crippen LogP contribution >= 0.6 is 23.2 Å². The van der Waals surface area contributed by atoms with Gasteiger partial charge < -0.3 is 20.4 Å². The van der Waals surface area contributed by atoms with Crippen LogP contribution in [0, 0.1) is 11.8 Å². The third-order valence-corrected chi connectivity index (χ3v) is 5.67. The minimum absolute atomic E-state index is 0.0986. The lowest BCUT2D eigenvalue weighted by Gasteiger charge is -2.31. The van der Waals surface area contributed by atoms with Crippen LogP contribution in [0.1, 0.15) is 18.4 Å². The smallest absolute Gasteiger partial charge is 0.317 e. The first-order chi connectivity index (χ1) is 11.4. The maximum atomic E-state index is 12.3. The molecule has 0 radical (unpaired) electrons. The molecule has 1 aliphatic carbocycles. The maximum Gasteiger partial charge on any atom is 0.317 e. The molecular formula is C17H22Cl2N2O3. The van der Waals surface area contributed by atoms with Crippen molar-refractivity contribution in [2.75, 3.05) is 19.6 Å². The minimum atomic E-state index is -0.665. The highest BCUT2D eigenvalue weighted by molar-refractivity contribution is 6.35. The lowest BCUT2D eigenvalue weighted by atomic mass is 9.79. The van der Waals surface area contributed by atoms with Crippen LogP contribution < -0.4 is 5.32 Å². The van der Waals surface area contributed by atoms with Crippen molar-refractivity contribution >= 4 is 29.2 Å². The summed E-state index contributed by atoms with van der Waals surface area (Å²) in [7, 11) is 0. The Bertz CT molecular complexity index is 595. The summed E-state index contributed by atoms with van der Waals surface area (Å²) in [5.74, 6) is 0.555. The zero-order valence-electron chi connectivity index (χ0n) is 13.3. The number of nitrogens with one attached hydrogen (secondary N) is 1. The molecule has 7 heteroatoms. The topological polar surface area (TPSA) is 72.8 Å². The Hall–Kier alpha value is -1.01. The molecule has 2 fully saturated rings. The first-order valence-corrected chi connectivity index (χ1v) is 9.02. The monoisotopic (exact) mass is 372 g/mol. The number of carbonyl (C=O) groups excluding carboxylic acids is 1. The Morgan fingerprint density at radius 1 is 1.17 bits per heavy atom. The van der Waals surface area contributed by atoms with E-state index in [0.29, 0.717) is 48.9 Å². The predicted octanol–water partition coefficient (Wildman–Crippen LogP) is 2.31. The van der Waals surface area contributed by atoms with Crippen molar-refractivity contribution in [2.24, 2.45) is 11.8 Å². The van der Waals surface area contributed by atoms with Gasteiger partial charge in [-0.05, 0) is 48.8 Å². The summed E-state index contributed by atoms with van der Waals surface area (Å²) >= 11 is 12.0. The van der Waals surface area contributed by atoms with Crippen molar-refractivity contribution in [1.29, 1.82) is 0 Å². The number of halogens is 2. The molecule has 24 heavy (non-hydrogen) atoms. The van der Waals surface area contributed by atoms with E-state index in [2.05, 4.69) is 5.32 Å². The van der Waals surface area contributed by atoms with Crippen LogP contribution in [0.5, 0.6) is 0 Å². The quantitative estimate of drug-likeness (QED) is 0.762. The Kier molecular flexibility index (Phi) is 5.55. The molecule has 3 rings (SSSR count). The number of benzene rings is 1. The summed E-state index contributed by atoms with van der Waals surface area (Å²) in [4.78, 5) is 14.1. The summed E-state index contributed by atoms with van der Waals surface area (Å²) in [6.07, 6.45) is 0.439. The number of nitrogens with zero attached hydrogens (tertiary/aromatic N) is 1. The van der Waals surface area contributed by atoms with Gasteiger partial charge >= 0.3 is 6.03 Å². The third kappa shape index (κ3) is 3.97. The molecule has 132 valence electrons. The second-order valence-electron chi connectivity index (χ2n) is 6.75. The van der Waals surface area contributed by atoms with Crippen molar-refractivity contribution in [1.82, 2.24) is 10.2 Å². The zero-order chi connectivity index (χ0) is 17.3. The second kappa shape index (κ2) is 7.48. The van der Waals surface area contributed by atoms with Crippen LogP contribution in [0.3, 0.4) is 0 Å². The van der Waals surface area contributed by atoms with Crippen LogP contribution in [0.25, 0.3) is 0 Å². The van der Waals surface area contributed by atoms with Gasteiger partial charge in [-0.3, -0.25) is 0 Å². The molecule has 4 atom stereocenters. The molecule has 1 saturated carbocycles. The van der Waals surface area contributed by atoms with E-state index in [4.69, 9.17) is 23.2 Å². The molecule has 1 saturated heterocycles. The van der Waals surface area contributed by atoms with Crippen molar-refractivity contribution in [2.45, 2.75) is 31.5 Å². The summed E-state index contributed by atoms with van der Waals surface area (Å²) in [5.41, 5.74) is 0.947. The van der Waals surface area contributed by atoms with E-state index in [1.165, 1.54) is 0 Å². The fourth-order valence-electron chi connectivity index (χ4n) is 3.71. The van der Waals surface area contributed by atoms with Crippen LogP contribution in [0.4, 0.5) is 4.79 Å². The van der Waals surface area contributed by atoms with E-state index in [1.807, 2.05) is 6.07 Å². The number of amides is 2. The molecule has 1 aromatic carbocycles. The van der Waals surface area contributed by atoms with Crippen molar-refractivity contribution in [3.63, 3.8) is 0 Å². The second-order valence-corrected chi connectivity index (χ2v) is 7.59. The minimum Gasteiger partial charge on any atom is -0.390 e. The number of likely N-dealkylation sites (tertiary alicyclic amines) is 1. The number of aliphatic hydroxyl groups is 2. The van der Waals surface area contributed by atoms with Gasteiger partial charge in [-0.2, -0.15) is 0 Å². The highest BCUT2D eigenvalue weighted by atomic mass is 35.5. The van der Waals surface area contributed by atoms with Crippen LogP contribution in [0.15, 0.2) is 18.2 Å². The molecule has 0 spiro atoms. The van der Waals surface area contributed by atoms with Gasteiger partial charge in [0.2, 0.25) is 0 Å². The molecule has 1 aliphatic heterocycles. The van der Waals surface area contributed by atoms with E-state index >= 15 is 0 Å². The van der Waals surface area contributed by atoms with E-state index in [1.54, 1.807) is 17.0 Å². The molecule has 0 aromatic heterocycles. The number of urea groups is 1. The van der Waals surface area contributed by atoms with Gasteiger partial charge in [-0.1, -0.05) is 29.3 Å². The third-order valence-electron chi connectivity index (χ3n) is 5.08. The highest BCUT2D eigenvalue weighted by Crippen LogP contribution is 2.36. The molecule has 3 N–H and O–H groups in total. The number of hydrogen-bond donors (Lipinski definition) is 3. The lowest BCUT2D eigenvalue weighted by Crippen LogP contribution is -2.39. The summed E-state index contributed by atoms with van der Waals surface area (Å²) in [5, 5.41) is 23.7. The van der Waals surface area contributed by atoms with Crippen molar-refractivity contribution in [3.05, 3.63) is 33.8 Å². The van der Waals surface area contributed by atoms with E-state index in [-0.39, 0.29) is 17.9 Å². The molecule has 0 bridgehead atoms. The van der Waals surface area contributed by atoms with E-state index < -0.39 is 12.2 Å². The van der Waals surface area contributed by atoms with E-state index in [0.717, 1.165) is 5.56 Å². The standard InChI is InChI=1S/C17H22Cl2N2O3/c18-13-2-1-10(14(19)7-13)3-4-20-17(24)21-8-11-5-15(22)16(23)6-12(11)9-21/h1-2,7,11-12,15-16,22-23H,3-6,8-9H2,(H,20,24)/t11-,12+,15-,16-/m0/s1. The number of carbonyl (C=O) groups is 1. The fraction of sp³-hybridized carbons (Fsp3) is 0.588. The van der Waals surface area contributed by atoms with Gasteiger partial charge in [-0.15, -0.1) is 0 Å². The Morgan fingerprint density at radius 2 is 1.79 bits per heavy atom. The Morgan fingerprint density at radius 3 is 2.38 bits per heavy atom. The highest BCUT2D eigenvalue weighted by Gasteiger charge is 2.42. The summed E-state index contributed by atoms with van der Waals surface area (Å²) in [6, 6.07) is 5.25. The van der Waals surface area contributed by atoms with Gasteiger partial charge in [-0.25, -0.2) is 4.79 Å². The van der Waals surface area contributed by atoms with Crippen LogP contribution in [-0.4, -0.2) is 53.0 Å². The maximum absolute atomic E-state index is 12.3. The van der Waals surface area contributed by atoms with Crippen molar-refractivity contribution < 1.29 is 15.0 Å². The zero-order valence-corrected chi connectivity index (χ0v) is 14.8. The lowest BCUT2D eigenvalue weighted by molar-refractivity contribution is -0.0372. The molecule has 0 unspecified atom stereocenters. The van der Waals surface area contributed by atoms with Crippen LogP contribution in [-0.2, 0) is 6.42 Å². The Balaban J connectivity index is 1.48. The largest absolute Gasteiger partial charge is 0.390 e. The van der Waals surface area contributed by atoms with Gasteiger partial charge in [0.1, 0.15) is 0 Å². The van der Waals surface area contributed by atoms with Gasteiger partial charge in [0.05, 0.1) is 12.2 Å². The molecular weight excluding hydrogens is 351 g/mol. The van der Waals surface area contributed by atoms with Gasteiger partial charge in [0.25, 0.3) is 0 Å². The fourth-order valence-corrected chi connectivity index (χ4v) is 4.22. The summed E-state index contributed by atoms with van der Waals surface area (Å²) in [6.45, 7) is 1.78. The molecule has 5 nitrogen and oxygen atoms in total.